The lowest BCUT2D eigenvalue weighted by molar-refractivity contribution is 0.0880. The Labute approximate surface area is 127 Å². The smallest absolute Gasteiger partial charge is 0.176 e. The second-order valence-corrected chi connectivity index (χ2v) is 6.70. The molecule has 0 aromatic heterocycles. The van der Waals surface area contributed by atoms with E-state index in [1.54, 1.807) is 0 Å². The Morgan fingerprint density at radius 2 is 2.10 bits per heavy atom. The average molecular weight is 287 g/mol. The minimum Gasteiger partial charge on any atom is -0.493 e. The number of hydrogen-bond donors (Lipinski definition) is 0. The molecule has 3 rings (SSSR count). The van der Waals surface area contributed by atoms with Crippen molar-refractivity contribution in [1.29, 1.82) is 0 Å². The molecule has 0 radical (unpaired) electrons. The van der Waals surface area contributed by atoms with E-state index in [9.17, 15) is 4.79 Å². The largest absolute Gasteiger partial charge is 0.493 e. The minimum atomic E-state index is 0.243. The van der Waals surface area contributed by atoms with Crippen molar-refractivity contribution in [2.75, 3.05) is 26.2 Å². The molecule has 0 amide bonds. The second-order valence-electron chi connectivity index (χ2n) is 6.70. The van der Waals surface area contributed by atoms with Crippen LogP contribution in [0.1, 0.15) is 42.6 Å². The summed E-state index contributed by atoms with van der Waals surface area (Å²) in [6.45, 7) is 8.03. The predicted octanol–water partition coefficient (Wildman–Crippen LogP) is 3.17. The first-order valence-electron chi connectivity index (χ1n) is 8.15. The van der Waals surface area contributed by atoms with E-state index in [0.29, 0.717) is 6.54 Å². The van der Waals surface area contributed by atoms with Crippen molar-refractivity contribution in [3.63, 3.8) is 0 Å². The van der Waals surface area contributed by atoms with E-state index in [2.05, 4.69) is 18.7 Å². The summed E-state index contributed by atoms with van der Waals surface area (Å²) < 4.78 is 5.50. The Balaban J connectivity index is 1.57. The van der Waals surface area contributed by atoms with Crippen molar-refractivity contribution in [2.24, 2.45) is 11.8 Å². The molecule has 21 heavy (non-hydrogen) atoms. The third-order valence-corrected chi connectivity index (χ3v) is 4.95. The first kappa shape index (κ1) is 14.6. The van der Waals surface area contributed by atoms with Crippen LogP contribution < -0.4 is 4.74 Å². The highest BCUT2D eigenvalue weighted by Gasteiger charge is 2.23. The van der Waals surface area contributed by atoms with Gasteiger partial charge in [-0.2, -0.15) is 0 Å². The normalized spacial score (nSPS) is 19.6. The monoisotopic (exact) mass is 287 g/mol. The first-order valence-corrected chi connectivity index (χ1v) is 8.15. The fourth-order valence-corrected chi connectivity index (χ4v) is 3.43. The van der Waals surface area contributed by atoms with E-state index in [1.807, 2.05) is 18.2 Å². The van der Waals surface area contributed by atoms with Gasteiger partial charge in [0.1, 0.15) is 5.75 Å². The van der Waals surface area contributed by atoms with Gasteiger partial charge in [-0.05, 0) is 61.5 Å². The maximum absolute atomic E-state index is 12.4. The fourth-order valence-electron chi connectivity index (χ4n) is 3.43. The van der Waals surface area contributed by atoms with Gasteiger partial charge >= 0.3 is 0 Å². The SMILES string of the molecule is CC(C)C1CCN(CC(=O)c2ccc3c(c2)CCO3)CC1. The molecular formula is C18H25NO2. The number of fused-ring (bicyclic) bond motifs is 1. The molecule has 1 aromatic carbocycles. The minimum absolute atomic E-state index is 0.243. The molecular weight excluding hydrogens is 262 g/mol. The molecule has 2 heterocycles. The number of likely N-dealkylation sites (tertiary alicyclic amines) is 1. The second kappa shape index (κ2) is 6.18. The Hall–Kier alpha value is -1.35. The lowest BCUT2D eigenvalue weighted by Crippen LogP contribution is -2.38. The average Bonchev–Trinajstić information content (AvgIpc) is 2.95. The van der Waals surface area contributed by atoms with Gasteiger partial charge in [0.05, 0.1) is 13.2 Å². The maximum atomic E-state index is 12.4. The van der Waals surface area contributed by atoms with E-state index in [4.69, 9.17) is 4.74 Å². The molecule has 0 atom stereocenters. The summed E-state index contributed by atoms with van der Waals surface area (Å²) in [5.74, 6) is 2.78. The van der Waals surface area contributed by atoms with Gasteiger partial charge in [0.15, 0.2) is 5.78 Å². The summed E-state index contributed by atoms with van der Waals surface area (Å²) in [5, 5.41) is 0. The van der Waals surface area contributed by atoms with Crippen LogP contribution in [0.4, 0.5) is 0 Å². The molecule has 1 aromatic rings. The van der Waals surface area contributed by atoms with E-state index in [-0.39, 0.29) is 5.78 Å². The molecule has 1 saturated heterocycles. The summed E-state index contributed by atoms with van der Waals surface area (Å²) in [6, 6.07) is 5.87. The number of ketones is 1. The number of Topliss-reactive ketones (excluding diaryl/α,β-unsaturated/α-hetero) is 1. The number of carbonyl (C=O) groups excluding carboxylic acids is 1. The van der Waals surface area contributed by atoms with Gasteiger partial charge in [-0.1, -0.05) is 13.8 Å². The molecule has 1 fully saturated rings. The van der Waals surface area contributed by atoms with Crippen LogP contribution in [0.5, 0.6) is 5.75 Å². The zero-order valence-corrected chi connectivity index (χ0v) is 13.1. The van der Waals surface area contributed by atoms with Crippen LogP contribution in [-0.4, -0.2) is 36.9 Å². The maximum Gasteiger partial charge on any atom is 0.176 e. The van der Waals surface area contributed by atoms with Gasteiger partial charge in [0, 0.05) is 12.0 Å². The van der Waals surface area contributed by atoms with Crippen LogP contribution in [0.15, 0.2) is 18.2 Å². The predicted molar refractivity (Wildman–Crippen MR) is 84.0 cm³/mol. The zero-order chi connectivity index (χ0) is 14.8. The summed E-state index contributed by atoms with van der Waals surface area (Å²) >= 11 is 0. The van der Waals surface area contributed by atoms with Gasteiger partial charge in [-0.3, -0.25) is 9.69 Å². The highest BCUT2D eigenvalue weighted by molar-refractivity contribution is 5.98. The van der Waals surface area contributed by atoms with Crippen LogP contribution in [0.2, 0.25) is 0 Å². The van der Waals surface area contributed by atoms with Gasteiger partial charge < -0.3 is 4.74 Å². The number of rotatable bonds is 4. The molecule has 114 valence electrons. The van der Waals surface area contributed by atoms with Crippen LogP contribution >= 0.6 is 0 Å². The van der Waals surface area contributed by atoms with Crippen molar-refractivity contribution < 1.29 is 9.53 Å². The van der Waals surface area contributed by atoms with Gasteiger partial charge in [-0.15, -0.1) is 0 Å². The first-order chi connectivity index (χ1) is 10.1. The Kier molecular flexibility index (Phi) is 4.29. The molecule has 2 aliphatic rings. The van der Waals surface area contributed by atoms with Gasteiger partial charge in [0.25, 0.3) is 0 Å². The summed E-state index contributed by atoms with van der Waals surface area (Å²) in [5.41, 5.74) is 2.02. The van der Waals surface area contributed by atoms with Crippen molar-refractivity contribution in [3.8, 4) is 5.75 Å². The Morgan fingerprint density at radius 3 is 2.81 bits per heavy atom. The van der Waals surface area contributed by atoms with Crippen molar-refractivity contribution in [3.05, 3.63) is 29.3 Å². The van der Waals surface area contributed by atoms with E-state index < -0.39 is 0 Å². The van der Waals surface area contributed by atoms with Gasteiger partial charge in [0.2, 0.25) is 0 Å². The van der Waals surface area contributed by atoms with E-state index in [0.717, 1.165) is 49.3 Å². The summed E-state index contributed by atoms with van der Waals surface area (Å²) in [4.78, 5) is 14.8. The lowest BCUT2D eigenvalue weighted by atomic mass is 9.86. The molecule has 3 heteroatoms. The van der Waals surface area contributed by atoms with Crippen molar-refractivity contribution >= 4 is 5.78 Å². The van der Waals surface area contributed by atoms with Crippen molar-refractivity contribution in [2.45, 2.75) is 33.1 Å². The zero-order valence-electron chi connectivity index (χ0n) is 13.1. The summed E-state index contributed by atoms with van der Waals surface area (Å²) in [7, 11) is 0. The molecule has 0 aliphatic carbocycles. The lowest BCUT2D eigenvalue weighted by Gasteiger charge is -2.33. The van der Waals surface area contributed by atoms with Crippen LogP contribution in [0.25, 0.3) is 0 Å². The third kappa shape index (κ3) is 3.29. The molecule has 0 N–H and O–H groups in total. The number of ether oxygens (including phenoxy) is 1. The number of nitrogens with zero attached hydrogens (tertiary/aromatic N) is 1. The van der Waals surface area contributed by atoms with Crippen LogP contribution in [0.3, 0.4) is 0 Å². The van der Waals surface area contributed by atoms with E-state index >= 15 is 0 Å². The molecule has 3 nitrogen and oxygen atoms in total. The Morgan fingerprint density at radius 1 is 1.33 bits per heavy atom. The van der Waals surface area contributed by atoms with Gasteiger partial charge in [-0.25, -0.2) is 0 Å². The van der Waals surface area contributed by atoms with E-state index in [1.165, 1.54) is 18.4 Å². The number of carbonyl (C=O) groups is 1. The number of piperidine rings is 1. The van der Waals surface area contributed by atoms with Crippen LogP contribution in [-0.2, 0) is 6.42 Å². The highest BCUT2D eigenvalue weighted by Crippen LogP contribution is 2.27. The quantitative estimate of drug-likeness (QED) is 0.797. The Bertz CT molecular complexity index is 516. The molecule has 0 bridgehead atoms. The highest BCUT2D eigenvalue weighted by atomic mass is 16.5. The van der Waals surface area contributed by atoms with Crippen LogP contribution in [0, 0.1) is 11.8 Å². The standard InChI is InChI=1S/C18H25NO2/c1-13(2)14-5-8-19(9-6-14)12-17(20)15-3-4-18-16(11-15)7-10-21-18/h3-4,11,13-14H,5-10,12H2,1-2H3. The number of hydrogen-bond acceptors (Lipinski definition) is 3. The molecule has 0 unspecified atom stereocenters. The molecule has 0 saturated carbocycles. The summed E-state index contributed by atoms with van der Waals surface area (Å²) in [6.07, 6.45) is 3.38. The number of benzene rings is 1. The van der Waals surface area contributed by atoms with Crippen molar-refractivity contribution in [1.82, 2.24) is 4.90 Å². The topological polar surface area (TPSA) is 29.5 Å². The molecule has 2 aliphatic heterocycles. The fraction of sp³-hybridized carbons (Fsp3) is 0.611. The third-order valence-electron chi connectivity index (χ3n) is 4.95. The molecule has 0 spiro atoms.